The molecule has 0 bridgehead atoms. The van der Waals surface area contributed by atoms with Crippen LogP contribution in [-0.2, 0) is 11.8 Å². The Labute approximate surface area is 195 Å². The van der Waals surface area contributed by atoms with Crippen molar-refractivity contribution in [3.63, 3.8) is 0 Å². The van der Waals surface area contributed by atoms with Gasteiger partial charge in [0.05, 0.1) is 17.1 Å². The SMILES string of the molecule is C#Cc1ncc(-c2c(C3=CCCCC3)c3c(C)ncnc3n2C)c(C)n1.O=CN1CCCC1. The molecule has 170 valence electrons. The van der Waals surface area contributed by atoms with E-state index in [0.29, 0.717) is 5.82 Å². The van der Waals surface area contributed by atoms with Crippen LogP contribution in [0, 0.1) is 26.2 Å². The molecule has 4 heterocycles. The molecule has 3 aromatic heterocycles. The zero-order chi connectivity index (χ0) is 23.4. The lowest BCUT2D eigenvalue weighted by Crippen LogP contribution is -2.15. The van der Waals surface area contributed by atoms with Crippen LogP contribution in [0.2, 0.25) is 0 Å². The van der Waals surface area contributed by atoms with Gasteiger partial charge in [0.25, 0.3) is 0 Å². The van der Waals surface area contributed by atoms with Crippen LogP contribution in [0.25, 0.3) is 27.9 Å². The van der Waals surface area contributed by atoms with Crippen LogP contribution in [0.3, 0.4) is 0 Å². The van der Waals surface area contributed by atoms with Crippen molar-refractivity contribution in [3.05, 3.63) is 41.4 Å². The average molecular weight is 443 g/mol. The Morgan fingerprint density at radius 3 is 2.45 bits per heavy atom. The van der Waals surface area contributed by atoms with Crippen molar-refractivity contribution in [3.8, 4) is 23.6 Å². The first-order valence-electron chi connectivity index (χ1n) is 11.5. The Bertz CT molecular complexity index is 1240. The number of hydrogen-bond acceptors (Lipinski definition) is 5. The van der Waals surface area contributed by atoms with Crippen LogP contribution in [0.1, 0.15) is 61.3 Å². The number of carbonyl (C=O) groups is 1. The van der Waals surface area contributed by atoms with E-state index in [9.17, 15) is 4.79 Å². The highest BCUT2D eigenvalue weighted by atomic mass is 16.1. The molecular formula is C26H30N6O. The summed E-state index contributed by atoms with van der Waals surface area (Å²) in [7, 11) is 2.05. The summed E-state index contributed by atoms with van der Waals surface area (Å²) < 4.78 is 2.13. The lowest BCUT2D eigenvalue weighted by molar-refractivity contribution is -0.117. The molecule has 0 spiro atoms. The largest absolute Gasteiger partial charge is 0.345 e. The molecule has 0 unspecified atom stereocenters. The summed E-state index contributed by atoms with van der Waals surface area (Å²) in [5.41, 5.74) is 7.49. The molecule has 0 atom stereocenters. The van der Waals surface area contributed by atoms with Gasteiger partial charge in [0, 0.05) is 42.8 Å². The standard InChI is InChI=1S/C21H21N5.C5H9NO/c1-5-17-22-11-16(13(2)25-17)20-19(15-9-7-6-8-10-15)18-14(3)23-12-24-21(18)26(20)4;7-5-6-3-1-2-4-6/h1,9,11-12H,6-8,10H2,2-4H3;5H,1-4H2. The van der Waals surface area contributed by atoms with E-state index in [0.717, 1.165) is 66.0 Å². The smallest absolute Gasteiger partial charge is 0.209 e. The normalized spacial score (nSPS) is 15.6. The summed E-state index contributed by atoms with van der Waals surface area (Å²) in [5.74, 6) is 2.93. The summed E-state index contributed by atoms with van der Waals surface area (Å²) in [6.45, 7) is 5.98. The second-order valence-corrected chi connectivity index (χ2v) is 8.60. The molecule has 33 heavy (non-hydrogen) atoms. The number of allylic oxidation sites excluding steroid dienone is 2. The molecule has 3 aromatic rings. The summed E-state index contributed by atoms with van der Waals surface area (Å²) in [4.78, 5) is 29.6. The number of amides is 1. The second-order valence-electron chi connectivity index (χ2n) is 8.60. The lowest BCUT2D eigenvalue weighted by atomic mass is 9.90. The van der Waals surface area contributed by atoms with Gasteiger partial charge in [-0.15, -0.1) is 6.42 Å². The fourth-order valence-corrected chi connectivity index (χ4v) is 4.71. The van der Waals surface area contributed by atoms with Crippen molar-refractivity contribution in [2.75, 3.05) is 13.1 Å². The number of nitrogens with zero attached hydrogens (tertiary/aromatic N) is 6. The average Bonchev–Trinajstić information content (AvgIpc) is 3.47. The summed E-state index contributed by atoms with van der Waals surface area (Å²) in [6, 6.07) is 0. The Morgan fingerprint density at radius 2 is 1.85 bits per heavy atom. The first-order valence-corrected chi connectivity index (χ1v) is 11.5. The molecule has 5 rings (SSSR count). The van der Waals surface area contributed by atoms with Gasteiger partial charge >= 0.3 is 0 Å². The number of likely N-dealkylation sites (tertiary alicyclic amines) is 1. The van der Waals surface area contributed by atoms with Crippen LogP contribution >= 0.6 is 0 Å². The third-order valence-electron chi connectivity index (χ3n) is 6.42. The maximum Gasteiger partial charge on any atom is 0.209 e. The highest BCUT2D eigenvalue weighted by Crippen LogP contribution is 2.41. The zero-order valence-corrected chi connectivity index (χ0v) is 19.6. The Balaban J connectivity index is 0.000000318. The molecule has 1 saturated heterocycles. The first kappa shape index (κ1) is 22.7. The van der Waals surface area contributed by atoms with Crippen molar-refractivity contribution < 1.29 is 4.79 Å². The summed E-state index contributed by atoms with van der Waals surface area (Å²) in [5, 5.41) is 1.12. The molecule has 7 heteroatoms. The van der Waals surface area contributed by atoms with Gasteiger partial charge in [-0.2, -0.15) is 0 Å². The van der Waals surface area contributed by atoms with E-state index in [2.05, 4.69) is 36.5 Å². The maximum atomic E-state index is 9.93. The van der Waals surface area contributed by atoms with E-state index in [1.54, 1.807) is 11.2 Å². The van der Waals surface area contributed by atoms with Gasteiger partial charge in [0.15, 0.2) is 0 Å². The third-order valence-corrected chi connectivity index (χ3v) is 6.42. The van der Waals surface area contributed by atoms with Crippen molar-refractivity contribution in [1.82, 2.24) is 29.4 Å². The summed E-state index contributed by atoms with van der Waals surface area (Å²) in [6.07, 6.45) is 19.2. The number of aromatic nitrogens is 5. The van der Waals surface area contributed by atoms with Crippen LogP contribution < -0.4 is 0 Å². The topological polar surface area (TPSA) is 76.8 Å². The number of terminal acetylenes is 1. The number of fused-ring (bicyclic) bond motifs is 1. The number of hydrogen-bond donors (Lipinski definition) is 0. The fourth-order valence-electron chi connectivity index (χ4n) is 4.71. The number of carbonyl (C=O) groups excluding carboxylic acids is 1. The molecule has 1 amide bonds. The van der Waals surface area contributed by atoms with E-state index in [4.69, 9.17) is 6.42 Å². The predicted octanol–water partition coefficient (Wildman–Crippen LogP) is 4.22. The zero-order valence-electron chi connectivity index (χ0n) is 19.6. The van der Waals surface area contributed by atoms with Crippen molar-refractivity contribution in [2.45, 2.75) is 52.4 Å². The minimum absolute atomic E-state index is 0.416. The molecule has 0 N–H and O–H groups in total. The molecule has 0 aromatic carbocycles. The predicted molar refractivity (Wildman–Crippen MR) is 130 cm³/mol. The van der Waals surface area contributed by atoms with Gasteiger partial charge in [-0.3, -0.25) is 4.79 Å². The van der Waals surface area contributed by atoms with Crippen LogP contribution in [-0.4, -0.2) is 48.9 Å². The highest BCUT2D eigenvalue weighted by molar-refractivity contribution is 6.00. The van der Waals surface area contributed by atoms with Gasteiger partial charge in [0.1, 0.15) is 12.0 Å². The van der Waals surface area contributed by atoms with Gasteiger partial charge in [0.2, 0.25) is 12.2 Å². The quantitative estimate of drug-likeness (QED) is 0.448. The van der Waals surface area contributed by atoms with Crippen LogP contribution in [0.5, 0.6) is 0 Å². The minimum Gasteiger partial charge on any atom is -0.345 e. The fraction of sp³-hybridized carbons (Fsp3) is 0.423. The molecular weight excluding hydrogens is 412 g/mol. The van der Waals surface area contributed by atoms with Crippen molar-refractivity contribution in [2.24, 2.45) is 7.05 Å². The van der Waals surface area contributed by atoms with Gasteiger partial charge < -0.3 is 9.47 Å². The van der Waals surface area contributed by atoms with E-state index in [-0.39, 0.29) is 0 Å². The van der Waals surface area contributed by atoms with Crippen molar-refractivity contribution in [1.29, 1.82) is 0 Å². The van der Waals surface area contributed by atoms with Crippen molar-refractivity contribution >= 4 is 23.0 Å². The number of aryl methyl sites for hydroxylation is 3. The molecule has 1 aliphatic carbocycles. The van der Waals surface area contributed by atoms with E-state index < -0.39 is 0 Å². The monoisotopic (exact) mass is 442 g/mol. The molecule has 1 aliphatic heterocycles. The molecule has 0 saturated carbocycles. The van der Waals surface area contributed by atoms with Gasteiger partial charge in [-0.1, -0.05) is 6.08 Å². The van der Waals surface area contributed by atoms with Gasteiger partial charge in [-0.05, 0) is 63.9 Å². The van der Waals surface area contributed by atoms with Crippen LogP contribution in [0.15, 0.2) is 18.6 Å². The maximum absolute atomic E-state index is 9.93. The van der Waals surface area contributed by atoms with Gasteiger partial charge in [-0.25, -0.2) is 19.9 Å². The third kappa shape index (κ3) is 4.51. The van der Waals surface area contributed by atoms with Crippen LogP contribution in [0.4, 0.5) is 0 Å². The Kier molecular flexibility index (Phi) is 6.83. The van der Waals surface area contributed by atoms with E-state index >= 15 is 0 Å². The molecule has 0 radical (unpaired) electrons. The van der Waals surface area contributed by atoms with E-state index in [1.807, 2.05) is 27.1 Å². The second kappa shape index (κ2) is 9.95. The molecule has 1 fully saturated rings. The number of rotatable bonds is 3. The Morgan fingerprint density at radius 1 is 1.06 bits per heavy atom. The first-order chi connectivity index (χ1) is 16.0. The lowest BCUT2D eigenvalue weighted by Gasteiger charge is -2.16. The molecule has 2 aliphatic rings. The Hall–Kier alpha value is -3.53. The minimum atomic E-state index is 0.416. The highest BCUT2D eigenvalue weighted by Gasteiger charge is 2.24. The van der Waals surface area contributed by atoms with E-state index in [1.165, 1.54) is 36.8 Å². The molecule has 7 nitrogen and oxygen atoms in total. The summed E-state index contributed by atoms with van der Waals surface area (Å²) >= 11 is 0.